The van der Waals surface area contributed by atoms with E-state index in [2.05, 4.69) is 0 Å². The number of nitrogens with two attached hydrogens (primary N) is 2. The molecule has 3 rings (SSSR count). The highest BCUT2D eigenvalue weighted by atomic mass is 16.6. The van der Waals surface area contributed by atoms with Crippen LogP contribution in [0.25, 0.3) is 0 Å². The maximum atomic E-state index is 12.8. The van der Waals surface area contributed by atoms with Crippen molar-refractivity contribution in [3.63, 3.8) is 0 Å². The van der Waals surface area contributed by atoms with Gasteiger partial charge >= 0.3 is 11.9 Å². The Morgan fingerprint density at radius 1 is 0.735 bits per heavy atom. The minimum absolute atomic E-state index is 0.00658. The van der Waals surface area contributed by atoms with Crippen LogP contribution in [0.3, 0.4) is 0 Å². The minimum Gasteiger partial charge on any atom is -0.457 e. The van der Waals surface area contributed by atoms with Crippen molar-refractivity contribution in [3.05, 3.63) is 103 Å². The molecule has 0 aromatic heterocycles. The van der Waals surface area contributed by atoms with E-state index >= 15 is 0 Å². The molecule has 0 spiro atoms. The molecule has 0 saturated carbocycles. The third kappa shape index (κ3) is 5.07. The van der Waals surface area contributed by atoms with Crippen LogP contribution in [0.1, 0.15) is 31.8 Å². The van der Waals surface area contributed by atoms with Crippen molar-refractivity contribution in [1.82, 2.24) is 0 Å². The molecule has 3 aromatic carbocycles. The average molecular weight is 466 g/mol. The van der Waals surface area contributed by atoms with Gasteiger partial charge in [0.05, 0.1) is 43.5 Å². The molecule has 12 heteroatoms. The van der Waals surface area contributed by atoms with Gasteiger partial charge < -0.3 is 20.9 Å². The number of carbonyl (C=O) groups is 2. The van der Waals surface area contributed by atoms with Gasteiger partial charge in [-0.25, -0.2) is 9.59 Å². The number of ether oxygens (including phenoxy) is 2. The van der Waals surface area contributed by atoms with Crippen molar-refractivity contribution in [2.24, 2.45) is 0 Å². The Bertz CT molecular complexity index is 1290. The highest BCUT2D eigenvalue weighted by molar-refractivity contribution is 6.08. The Hall–Kier alpha value is -5.00. The van der Waals surface area contributed by atoms with Crippen LogP contribution in [-0.2, 0) is 22.7 Å². The molecule has 3 aromatic rings. The van der Waals surface area contributed by atoms with Crippen LogP contribution in [0.2, 0.25) is 0 Å². The fraction of sp³-hybridized carbons (Fsp3) is 0.0909. The van der Waals surface area contributed by atoms with E-state index < -0.39 is 35.0 Å². The molecule has 0 atom stereocenters. The van der Waals surface area contributed by atoms with E-state index in [9.17, 15) is 29.8 Å². The van der Waals surface area contributed by atoms with Crippen LogP contribution in [0.5, 0.6) is 0 Å². The number of carbonyl (C=O) groups excluding carboxylic acids is 2. The number of rotatable bonds is 8. The third-order valence-corrected chi connectivity index (χ3v) is 4.80. The van der Waals surface area contributed by atoms with E-state index in [0.29, 0.717) is 0 Å². The number of esters is 2. The number of benzene rings is 3. The van der Waals surface area contributed by atoms with Crippen molar-refractivity contribution in [2.75, 3.05) is 11.5 Å². The molecule has 0 heterocycles. The van der Waals surface area contributed by atoms with Gasteiger partial charge in [0.25, 0.3) is 11.4 Å². The first-order valence-corrected chi connectivity index (χ1v) is 9.67. The normalized spacial score (nSPS) is 10.4. The molecule has 4 N–H and O–H groups in total. The monoisotopic (exact) mass is 466 g/mol. The second kappa shape index (κ2) is 10.1. The van der Waals surface area contributed by atoms with Gasteiger partial charge in [0.15, 0.2) is 0 Å². The molecule has 0 radical (unpaired) electrons. The number of anilines is 2. The van der Waals surface area contributed by atoms with Gasteiger partial charge in [0.1, 0.15) is 13.2 Å². The zero-order chi connectivity index (χ0) is 24.8. The molecule has 0 aliphatic rings. The fourth-order valence-electron chi connectivity index (χ4n) is 3.08. The number of hydrogen-bond acceptors (Lipinski definition) is 10. The summed E-state index contributed by atoms with van der Waals surface area (Å²) in [5, 5.41) is 22.3. The van der Waals surface area contributed by atoms with E-state index in [1.165, 1.54) is 54.6 Å². The minimum atomic E-state index is -1.06. The second-order valence-corrected chi connectivity index (χ2v) is 6.91. The van der Waals surface area contributed by atoms with Crippen LogP contribution < -0.4 is 11.5 Å². The molecule has 0 aliphatic heterocycles. The molecule has 12 nitrogen and oxygen atoms in total. The van der Waals surface area contributed by atoms with Crippen LogP contribution >= 0.6 is 0 Å². The highest BCUT2D eigenvalue weighted by Gasteiger charge is 2.25. The SMILES string of the molecule is Nc1ccc(C(=O)OCc2ccccc2[N+](=O)[O-])c(C(=O)OCc2ccccc2[N+](=O)[O-])c1N. The van der Waals surface area contributed by atoms with Crippen LogP contribution in [0.15, 0.2) is 60.7 Å². The van der Waals surface area contributed by atoms with Gasteiger partial charge in [-0.3, -0.25) is 20.2 Å². The van der Waals surface area contributed by atoms with Crippen LogP contribution in [-0.4, -0.2) is 21.8 Å². The highest BCUT2D eigenvalue weighted by Crippen LogP contribution is 2.27. The smallest absolute Gasteiger partial charge is 0.341 e. The zero-order valence-corrected chi connectivity index (χ0v) is 17.5. The molecule has 174 valence electrons. The Kier molecular flexibility index (Phi) is 7.01. The summed E-state index contributed by atoms with van der Waals surface area (Å²) in [6, 6.07) is 13.9. The maximum Gasteiger partial charge on any atom is 0.341 e. The maximum absolute atomic E-state index is 12.8. The fourth-order valence-corrected chi connectivity index (χ4v) is 3.08. The topological polar surface area (TPSA) is 191 Å². The lowest BCUT2D eigenvalue weighted by molar-refractivity contribution is -0.386. The lowest BCUT2D eigenvalue weighted by atomic mass is 10.0. The summed E-state index contributed by atoms with van der Waals surface area (Å²) in [7, 11) is 0. The number of hydrogen-bond donors (Lipinski definition) is 2. The van der Waals surface area contributed by atoms with Gasteiger partial charge in [-0.1, -0.05) is 24.3 Å². The van der Waals surface area contributed by atoms with Gasteiger partial charge in [0.2, 0.25) is 0 Å². The zero-order valence-electron chi connectivity index (χ0n) is 17.5. The van der Waals surface area contributed by atoms with E-state index in [-0.39, 0.29) is 45.0 Å². The molecule has 0 saturated heterocycles. The van der Waals surface area contributed by atoms with E-state index in [4.69, 9.17) is 20.9 Å². The summed E-state index contributed by atoms with van der Waals surface area (Å²) < 4.78 is 10.3. The number of nitro groups is 2. The lowest BCUT2D eigenvalue weighted by Crippen LogP contribution is -2.17. The van der Waals surface area contributed by atoms with E-state index in [1.54, 1.807) is 6.07 Å². The first-order chi connectivity index (χ1) is 16.2. The van der Waals surface area contributed by atoms with Crippen molar-refractivity contribution >= 4 is 34.7 Å². The Morgan fingerprint density at radius 2 is 1.21 bits per heavy atom. The number of nitrogens with zero attached hydrogens (tertiary/aromatic N) is 2. The van der Waals surface area contributed by atoms with Gasteiger partial charge in [-0.05, 0) is 24.3 Å². The Morgan fingerprint density at radius 3 is 1.71 bits per heavy atom. The average Bonchev–Trinajstić information content (AvgIpc) is 2.82. The third-order valence-electron chi connectivity index (χ3n) is 4.80. The molecule has 34 heavy (non-hydrogen) atoms. The summed E-state index contributed by atoms with van der Waals surface area (Å²) in [6.07, 6.45) is 0. The first-order valence-electron chi connectivity index (χ1n) is 9.67. The Labute approximate surface area is 192 Å². The van der Waals surface area contributed by atoms with Crippen LogP contribution in [0.4, 0.5) is 22.7 Å². The summed E-state index contributed by atoms with van der Waals surface area (Å²) >= 11 is 0. The molecule has 0 bridgehead atoms. The first kappa shape index (κ1) is 23.7. The standard InChI is InChI=1S/C22H18N4O8/c23-16-10-9-15(21(27)33-11-13-5-1-3-7-17(13)25(29)30)19(20(16)24)22(28)34-12-14-6-2-4-8-18(14)26(31)32/h1-10H,11-12,23-24H2. The predicted molar refractivity (Wildman–Crippen MR) is 120 cm³/mol. The molecule has 0 unspecified atom stereocenters. The van der Waals surface area contributed by atoms with Crippen molar-refractivity contribution < 1.29 is 28.9 Å². The van der Waals surface area contributed by atoms with Gasteiger partial charge in [0, 0.05) is 12.1 Å². The number of nitrogen functional groups attached to an aromatic ring is 2. The number of nitro benzene ring substituents is 2. The molecule has 0 fully saturated rings. The second-order valence-electron chi connectivity index (χ2n) is 6.91. The largest absolute Gasteiger partial charge is 0.457 e. The Balaban J connectivity index is 1.83. The molecule has 0 aliphatic carbocycles. The van der Waals surface area contributed by atoms with Crippen molar-refractivity contribution in [3.8, 4) is 0 Å². The quantitative estimate of drug-likeness (QED) is 0.215. The molecule has 0 amide bonds. The number of para-hydroxylation sites is 2. The molecular formula is C22H18N4O8. The van der Waals surface area contributed by atoms with Crippen molar-refractivity contribution in [2.45, 2.75) is 13.2 Å². The summed E-state index contributed by atoms with van der Waals surface area (Å²) in [5.41, 5.74) is 10.5. The van der Waals surface area contributed by atoms with Crippen molar-refractivity contribution in [1.29, 1.82) is 0 Å². The van der Waals surface area contributed by atoms with Gasteiger partial charge in [-0.2, -0.15) is 0 Å². The summed E-state index contributed by atoms with van der Waals surface area (Å²) in [6.45, 7) is -0.903. The van der Waals surface area contributed by atoms with Gasteiger partial charge in [-0.15, -0.1) is 0 Å². The molecular weight excluding hydrogens is 448 g/mol. The van der Waals surface area contributed by atoms with E-state index in [1.807, 2.05) is 0 Å². The van der Waals surface area contributed by atoms with Crippen LogP contribution in [0, 0.1) is 20.2 Å². The lowest BCUT2D eigenvalue weighted by Gasteiger charge is -2.13. The summed E-state index contributed by atoms with van der Waals surface area (Å²) in [5.74, 6) is -2.05. The summed E-state index contributed by atoms with van der Waals surface area (Å²) in [4.78, 5) is 46.6. The van der Waals surface area contributed by atoms with E-state index in [0.717, 1.165) is 0 Å². The predicted octanol–water partition coefficient (Wildman–Crippen LogP) is 3.38.